The maximum atomic E-state index is 13.0. The molecule has 5 nitrogen and oxygen atoms in total. The Bertz CT molecular complexity index is 788. The van der Waals surface area contributed by atoms with Gasteiger partial charge in [0.05, 0.1) is 5.75 Å². The Morgan fingerprint density at radius 3 is 2.37 bits per heavy atom. The number of fused-ring (bicyclic) bond motifs is 2. The van der Waals surface area contributed by atoms with Crippen molar-refractivity contribution < 1.29 is 17.6 Å². The number of carbonyl (C=O) groups excluding carboxylic acids is 1. The maximum absolute atomic E-state index is 13.0. The molecule has 1 aromatic rings. The fourth-order valence-corrected chi connectivity index (χ4v) is 6.56. The van der Waals surface area contributed by atoms with E-state index in [4.69, 9.17) is 0 Å². The first-order valence-corrected chi connectivity index (χ1v) is 11.5. The minimum absolute atomic E-state index is 0.0959. The van der Waals surface area contributed by atoms with Crippen molar-refractivity contribution in [3.63, 3.8) is 0 Å². The Hall–Kier alpha value is -1.47. The molecule has 0 spiro atoms. The highest BCUT2D eigenvalue weighted by Gasteiger charge is 2.41. The maximum Gasteiger partial charge on any atom is 0.223 e. The summed E-state index contributed by atoms with van der Waals surface area (Å²) in [5.41, 5.74) is 0.576. The average Bonchev–Trinajstić information content (AvgIpc) is 3.27. The van der Waals surface area contributed by atoms with E-state index in [2.05, 4.69) is 5.32 Å². The topological polar surface area (TPSA) is 66.5 Å². The lowest BCUT2D eigenvalue weighted by molar-refractivity contribution is -0.127. The number of halogens is 1. The predicted molar refractivity (Wildman–Crippen MR) is 101 cm³/mol. The second-order valence-corrected chi connectivity index (χ2v) is 10.3. The summed E-state index contributed by atoms with van der Waals surface area (Å²) >= 11 is 0. The van der Waals surface area contributed by atoms with Gasteiger partial charge in [0.25, 0.3) is 0 Å². The van der Waals surface area contributed by atoms with Crippen LogP contribution in [0.1, 0.15) is 44.1 Å². The molecule has 27 heavy (non-hydrogen) atoms. The minimum atomic E-state index is -3.45. The third kappa shape index (κ3) is 4.19. The highest BCUT2D eigenvalue weighted by atomic mass is 32.2. The number of piperidine rings is 1. The smallest absolute Gasteiger partial charge is 0.223 e. The SMILES string of the molecule is O=C(N[C@H]1C[C@H]2CC[C@@H]1C2)C1CCN(S(=O)(=O)Cc2ccc(F)cc2)CC1. The molecule has 1 heterocycles. The lowest BCUT2D eigenvalue weighted by Gasteiger charge is -2.32. The molecule has 148 valence electrons. The number of sulfonamides is 1. The molecule has 2 aliphatic carbocycles. The van der Waals surface area contributed by atoms with E-state index in [1.807, 2.05) is 0 Å². The largest absolute Gasteiger partial charge is 0.353 e. The number of amides is 1. The fraction of sp³-hybridized carbons (Fsp3) is 0.650. The molecule has 2 bridgehead atoms. The Morgan fingerprint density at radius 2 is 1.78 bits per heavy atom. The van der Waals surface area contributed by atoms with E-state index >= 15 is 0 Å². The van der Waals surface area contributed by atoms with Gasteiger partial charge in [0.2, 0.25) is 15.9 Å². The van der Waals surface area contributed by atoms with Crippen LogP contribution in [-0.4, -0.2) is 37.8 Å². The Balaban J connectivity index is 1.29. The summed E-state index contributed by atoms with van der Waals surface area (Å²) in [6.07, 6.45) is 6.04. The minimum Gasteiger partial charge on any atom is -0.353 e. The summed E-state index contributed by atoms with van der Waals surface area (Å²) in [5.74, 6) is 0.937. The molecule has 0 unspecified atom stereocenters. The van der Waals surface area contributed by atoms with E-state index in [1.54, 1.807) is 0 Å². The monoisotopic (exact) mass is 394 g/mol. The third-order valence-corrected chi connectivity index (χ3v) is 8.40. The van der Waals surface area contributed by atoms with Gasteiger partial charge in [-0.05, 0) is 61.6 Å². The third-order valence-electron chi connectivity index (χ3n) is 6.55. The van der Waals surface area contributed by atoms with E-state index in [1.165, 1.54) is 47.8 Å². The zero-order chi connectivity index (χ0) is 19.0. The second-order valence-electron chi connectivity index (χ2n) is 8.35. The van der Waals surface area contributed by atoms with E-state index in [0.29, 0.717) is 43.5 Å². The van der Waals surface area contributed by atoms with Crippen LogP contribution in [0.15, 0.2) is 24.3 Å². The summed E-state index contributed by atoms with van der Waals surface area (Å²) < 4.78 is 39.7. The van der Waals surface area contributed by atoms with Crippen molar-refractivity contribution in [2.45, 2.75) is 50.3 Å². The number of rotatable bonds is 5. The average molecular weight is 395 g/mol. The number of carbonyl (C=O) groups is 1. The molecule has 3 aliphatic rings. The zero-order valence-electron chi connectivity index (χ0n) is 15.4. The molecular formula is C20H27FN2O3S. The first-order chi connectivity index (χ1) is 12.9. The van der Waals surface area contributed by atoms with Crippen molar-refractivity contribution in [3.05, 3.63) is 35.6 Å². The van der Waals surface area contributed by atoms with Crippen LogP contribution in [0.25, 0.3) is 0 Å². The summed E-state index contributed by atoms with van der Waals surface area (Å²) in [4.78, 5) is 12.6. The number of hydrogen-bond acceptors (Lipinski definition) is 3. The standard InChI is InChI=1S/C20H27FN2O3S/c21-18-5-2-14(3-6-18)13-27(25,26)23-9-7-16(8-10-23)20(24)22-19-12-15-1-4-17(19)11-15/h2-3,5-6,15-17,19H,1,4,7-13H2,(H,22,24)/t15-,17+,19-/m0/s1. The van der Waals surface area contributed by atoms with Crippen molar-refractivity contribution >= 4 is 15.9 Å². The van der Waals surface area contributed by atoms with Crippen molar-refractivity contribution in [1.82, 2.24) is 9.62 Å². The number of benzene rings is 1. The molecule has 1 aliphatic heterocycles. The lowest BCUT2D eigenvalue weighted by Crippen LogP contribution is -2.46. The number of nitrogens with one attached hydrogen (secondary N) is 1. The molecule has 7 heteroatoms. The Morgan fingerprint density at radius 1 is 1.07 bits per heavy atom. The molecule has 3 atom stereocenters. The van der Waals surface area contributed by atoms with Crippen LogP contribution in [0.5, 0.6) is 0 Å². The molecule has 1 N–H and O–H groups in total. The summed E-state index contributed by atoms with van der Waals surface area (Å²) in [6.45, 7) is 0.747. The van der Waals surface area contributed by atoms with Crippen molar-refractivity contribution in [3.8, 4) is 0 Å². The highest BCUT2D eigenvalue weighted by molar-refractivity contribution is 7.88. The van der Waals surface area contributed by atoms with Crippen LogP contribution >= 0.6 is 0 Å². The molecule has 2 saturated carbocycles. The van der Waals surface area contributed by atoms with Crippen LogP contribution < -0.4 is 5.32 Å². The van der Waals surface area contributed by atoms with Crippen LogP contribution in [-0.2, 0) is 20.6 Å². The lowest BCUT2D eigenvalue weighted by atomic mass is 9.93. The van der Waals surface area contributed by atoms with Crippen LogP contribution in [0.4, 0.5) is 4.39 Å². The van der Waals surface area contributed by atoms with Gasteiger partial charge < -0.3 is 5.32 Å². The van der Waals surface area contributed by atoms with Gasteiger partial charge in [0.15, 0.2) is 0 Å². The first-order valence-electron chi connectivity index (χ1n) is 9.93. The molecule has 1 aromatic carbocycles. The van der Waals surface area contributed by atoms with Crippen molar-refractivity contribution in [2.75, 3.05) is 13.1 Å². The fourth-order valence-electron chi connectivity index (χ4n) is 5.00. The normalized spacial score (nSPS) is 29.1. The van der Waals surface area contributed by atoms with E-state index in [0.717, 1.165) is 12.3 Å². The Kier molecular flexibility index (Phi) is 5.25. The molecule has 1 amide bonds. The van der Waals surface area contributed by atoms with Gasteiger partial charge in [0.1, 0.15) is 5.82 Å². The van der Waals surface area contributed by atoms with Crippen LogP contribution in [0.3, 0.4) is 0 Å². The highest BCUT2D eigenvalue weighted by Crippen LogP contribution is 2.44. The van der Waals surface area contributed by atoms with E-state index in [-0.39, 0.29) is 23.4 Å². The van der Waals surface area contributed by atoms with Gasteiger partial charge in [0, 0.05) is 25.0 Å². The van der Waals surface area contributed by atoms with Gasteiger partial charge in [-0.15, -0.1) is 0 Å². The summed E-state index contributed by atoms with van der Waals surface area (Å²) in [6, 6.07) is 5.88. The van der Waals surface area contributed by atoms with Gasteiger partial charge in [-0.2, -0.15) is 0 Å². The molecule has 0 aromatic heterocycles. The second kappa shape index (κ2) is 7.51. The van der Waals surface area contributed by atoms with Crippen molar-refractivity contribution in [2.24, 2.45) is 17.8 Å². The quantitative estimate of drug-likeness (QED) is 0.835. The van der Waals surface area contributed by atoms with Crippen LogP contribution in [0, 0.1) is 23.6 Å². The van der Waals surface area contributed by atoms with Crippen LogP contribution in [0.2, 0.25) is 0 Å². The van der Waals surface area contributed by atoms with Gasteiger partial charge in [-0.3, -0.25) is 4.79 Å². The Labute approximate surface area is 160 Å². The van der Waals surface area contributed by atoms with E-state index < -0.39 is 10.0 Å². The number of hydrogen-bond donors (Lipinski definition) is 1. The number of nitrogens with zero attached hydrogens (tertiary/aromatic N) is 1. The van der Waals surface area contributed by atoms with Crippen molar-refractivity contribution in [1.29, 1.82) is 0 Å². The first kappa shape index (κ1) is 18.9. The zero-order valence-corrected chi connectivity index (χ0v) is 16.3. The molecule has 1 saturated heterocycles. The predicted octanol–water partition coefficient (Wildman–Crippen LogP) is 2.67. The summed E-state index contributed by atoms with van der Waals surface area (Å²) in [7, 11) is -3.45. The van der Waals surface area contributed by atoms with Gasteiger partial charge in [-0.25, -0.2) is 17.1 Å². The van der Waals surface area contributed by atoms with Gasteiger partial charge >= 0.3 is 0 Å². The molecule has 0 radical (unpaired) electrons. The van der Waals surface area contributed by atoms with Gasteiger partial charge in [-0.1, -0.05) is 18.6 Å². The molecule has 4 rings (SSSR count). The summed E-state index contributed by atoms with van der Waals surface area (Å²) in [5, 5.41) is 3.24. The molecular weight excluding hydrogens is 367 g/mol. The van der Waals surface area contributed by atoms with E-state index in [9.17, 15) is 17.6 Å². The molecule has 3 fully saturated rings.